The first kappa shape index (κ1) is 20.5. The highest BCUT2D eigenvalue weighted by molar-refractivity contribution is 7.10. The lowest BCUT2D eigenvalue weighted by Gasteiger charge is -2.35. The van der Waals surface area contributed by atoms with Gasteiger partial charge in [0.2, 0.25) is 0 Å². The molecule has 1 aliphatic heterocycles. The van der Waals surface area contributed by atoms with Crippen LogP contribution >= 0.6 is 11.3 Å². The zero-order valence-corrected chi connectivity index (χ0v) is 17.9. The third-order valence-corrected chi connectivity index (χ3v) is 6.48. The normalized spacial score (nSPS) is 14.8. The summed E-state index contributed by atoms with van der Waals surface area (Å²) >= 11 is 1.82. The number of thiophene rings is 1. The van der Waals surface area contributed by atoms with E-state index in [1.54, 1.807) is 0 Å². The van der Waals surface area contributed by atoms with Crippen molar-refractivity contribution >= 4 is 17.2 Å². The summed E-state index contributed by atoms with van der Waals surface area (Å²) in [5.74, 6) is -0.256. The second-order valence-corrected chi connectivity index (χ2v) is 8.51. The number of hydrogen-bond donors (Lipinski definition) is 1. The van der Waals surface area contributed by atoms with E-state index in [9.17, 15) is 9.59 Å². The van der Waals surface area contributed by atoms with Crippen LogP contribution in [0.25, 0.3) is 0 Å². The molecule has 0 aliphatic carbocycles. The SMILES string of the molecule is CCCn1nc(C(=O)NCC(c2ccccc2)N2CCc3sccc3C2)ccc1=O. The van der Waals surface area contributed by atoms with E-state index in [-0.39, 0.29) is 23.2 Å². The molecule has 1 aliphatic rings. The van der Waals surface area contributed by atoms with E-state index in [1.165, 1.54) is 32.8 Å². The highest BCUT2D eigenvalue weighted by atomic mass is 32.1. The highest BCUT2D eigenvalue weighted by Crippen LogP contribution is 2.30. The van der Waals surface area contributed by atoms with E-state index >= 15 is 0 Å². The molecule has 1 N–H and O–H groups in total. The lowest BCUT2D eigenvalue weighted by Crippen LogP contribution is -2.40. The highest BCUT2D eigenvalue weighted by Gasteiger charge is 2.26. The minimum atomic E-state index is -0.256. The summed E-state index contributed by atoms with van der Waals surface area (Å²) < 4.78 is 1.35. The Morgan fingerprint density at radius 1 is 1.20 bits per heavy atom. The molecule has 1 aromatic carbocycles. The first-order valence-electron chi connectivity index (χ1n) is 10.4. The summed E-state index contributed by atoms with van der Waals surface area (Å²) in [7, 11) is 0. The van der Waals surface area contributed by atoms with Gasteiger partial charge >= 0.3 is 0 Å². The molecule has 2 aromatic heterocycles. The molecule has 0 saturated heterocycles. The molecule has 4 rings (SSSR count). The lowest BCUT2D eigenvalue weighted by molar-refractivity contribution is 0.0920. The van der Waals surface area contributed by atoms with E-state index in [0.29, 0.717) is 13.1 Å². The van der Waals surface area contributed by atoms with Gasteiger partial charge in [0, 0.05) is 37.1 Å². The Morgan fingerprint density at radius 3 is 2.83 bits per heavy atom. The first-order valence-corrected chi connectivity index (χ1v) is 11.2. The molecule has 1 amide bonds. The minimum absolute atomic E-state index is 0.0738. The van der Waals surface area contributed by atoms with Crippen molar-refractivity contribution < 1.29 is 4.79 Å². The van der Waals surface area contributed by atoms with Crippen molar-refractivity contribution in [1.29, 1.82) is 0 Å². The lowest BCUT2D eigenvalue weighted by atomic mass is 10.0. The predicted molar refractivity (Wildman–Crippen MR) is 119 cm³/mol. The number of hydrogen-bond acceptors (Lipinski definition) is 5. The molecule has 0 saturated carbocycles. The fraction of sp³-hybridized carbons (Fsp3) is 0.348. The minimum Gasteiger partial charge on any atom is -0.349 e. The fourth-order valence-corrected chi connectivity index (χ4v) is 4.78. The molecular weight excluding hydrogens is 396 g/mol. The van der Waals surface area contributed by atoms with Gasteiger partial charge < -0.3 is 5.32 Å². The third kappa shape index (κ3) is 4.52. The van der Waals surface area contributed by atoms with Gasteiger partial charge in [-0.25, -0.2) is 4.68 Å². The monoisotopic (exact) mass is 422 g/mol. The molecule has 1 atom stereocenters. The van der Waals surface area contributed by atoms with E-state index in [1.807, 2.05) is 36.5 Å². The van der Waals surface area contributed by atoms with Crippen LogP contribution in [0.5, 0.6) is 0 Å². The van der Waals surface area contributed by atoms with Crippen LogP contribution in [0.1, 0.15) is 45.9 Å². The quantitative estimate of drug-likeness (QED) is 0.635. The molecule has 0 fully saturated rings. The van der Waals surface area contributed by atoms with Crippen molar-refractivity contribution in [3.63, 3.8) is 0 Å². The Balaban J connectivity index is 1.51. The molecule has 156 valence electrons. The molecule has 6 nitrogen and oxygen atoms in total. The van der Waals surface area contributed by atoms with Crippen LogP contribution in [0.15, 0.2) is 58.7 Å². The van der Waals surface area contributed by atoms with Gasteiger partial charge in [0.05, 0.1) is 6.04 Å². The first-order chi connectivity index (χ1) is 14.7. The van der Waals surface area contributed by atoms with E-state index in [0.717, 1.165) is 25.9 Å². The Labute approximate surface area is 180 Å². The van der Waals surface area contributed by atoms with Crippen LogP contribution in [-0.4, -0.2) is 33.7 Å². The molecule has 3 aromatic rings. The van der Waals surface area contributed by atoms with Crippen LogP contribution in [0, 0.1) is 0 Å². The van der Waals surface area contributed by atoms with Gasteiger partial charge in [0.15, 0.2) is 0 Å². The number of carbonyl (C=O) groups excluding carboxylic acids is 1. The zero-order chi connectivity index (χ0) is 20.9. The fourth-order valence-electron chi connectivity index (χ4n) is 3.89. The van der Waals surface area contributed by atoms with Gasteiger partial charge in [-0.3, -0.25) is 14.5 Å². The van der Waals surface area contributed by atoms with Crippen molar-refractivity contribution in [2.75, 3.05) is 13.1 Å². The Bertz CT molecular complexity index is 1060. The second-order valence-electron chi connectivity index (χ2n) is 7.51. The summed E-state index contributed by atoms with van der Waals surface area (Å²) in [6.07, 6.45) is 1.82. The Kier molecular flexibility index (Phi) is 6.40. The maximum Gasteiger partial charge on any atom is 0.271 e. The van der Waals surface area contributed by atoms with Crippen molar-refractivity contribution in [3.8, 4) is 0 Å². The number of carbonyl (C=O) groups is 1. The van der Waals surface area contributed by atoms with Crippen molar-refractivity contribution in [2.45, 2.75) is 38.9 Å². The maximum atomic E-state index is 12.8. The molecule has 7 heteroatoms. The van der Waals surface area contributed by atoms with Crippen molar-refractivity contribution in [2.24, 2.45) is 0 Å². The van der Waals surface area contributed by atoms with E-state index in [4.69, 9.17) is 0 Å². The predicted octanol–water partition coefficient (Wildman–Crippen LogP) is 3.24. The van der Waals surface area contributed by atoms with Gasteiger partial charge in [-0.2, -0.15) is 5.10 Å². The van der Waals surface area contributed by atoms with Crippen LogP contribution in [0.2, 0.25) is 0 Å². The number of fused-ring (bicyclic) bond motifs is 1. The summed E-state index contributed by atoms with van der Waals surface area (Å²) in [5, 5.41) is 9.43. The number of nitrogens with zero attached hydrogens (tertiary/aromatic N) is 3. The van der Waals surface area contributed by atoms with Gasteiger partial charge in [0.25, 0.3) is 11.5 Å². The topological polar surface area (TPSA) is 67.2 Å². The number of rotatable bonds is 7. The molecule has 3 heterocycles. The van der Waals surface area contributed by atoms with Crippen LogP contribution in [0.4, 0.5) is 0 Å². The summed E-state index contributed by atoms with van der Waals surface area (Å²) in [6.45, 7) is 4.81. The van der Waals surface area contributed by atoms with E-state index < -0.39 is 0 Å². The van der Waals surface area contributed by atoms with E-state index in [2.05, 4.69) is 38.9 Å². The van der Waals surface area contributed by atoms with Crippen LogP contribution in [0.3, 0.4) is 0 Å². The van der Waals surface area contributed by atoms with Crippen molar-refractivity contribution in [1.82, 2.24) is 20.0 Å². The van der Waals surface area contributed by atoms with Gasteiger partial charge in [0.1, 0.15) is 5.69 Å². The average molecular weight is 423 g/mol. The maximum absolute atomic E-state index is 12.8. The zero-order valence-electron chi connectivity index (χ0n) is 17.1. The van der Waals surface area contributed by atoms with Gasteiger partial charge in [-0.15, -0.1) is 11.3 Å². The molecule has 0 radical (unpaired) electrons. The standard InChI is InChI=1S/C23H26N4O2S/c1-2-12-27-22(28)9-8-19(25-27)23(29)24-15-20(17-6-4-3-5-7-17)26-13-10-21-18(16-26)11-14-30-21/h3-9,11,14,20H,2,10,12-13,15-16H2,1H3,(H,24,29). The van der Waals surface area contributed by atoms with Crippen molar-refractivity contribution in [3.05, 3.63) is 86.0 Å². The number of aryl methyl sites for hydroxylation is 1. The van der Waals surface area contributed by atoms with Gasteiger partial charge in [-0.05, 0) is 41.5 Å². The number of benzene rings is 1. The third-order valence-electron chi connectivity index (χ3n) is 5.45. The number of amides is 1. The van der Waals surface area contributed by atoms with Crippen LogP contribution < -0.4 is 10.9 Å². The molecule has 0 bridgehead atoms. The van der Waals surface area contributed by atoms with Gasteiger partial charge in [-0.1, -0.05) is 37.3 Å². The number of nitrogens with one attached hydrogen (secondary N) is 1. The summed E-state index contributed by atoms with van der Waals surface area (Å²) in [5.41, 5.74) is 2.65. The second kappa shape index (κ2) is 9.36. The smallest absolute Gasteiger partial charge is 0.271 e. The molecule has 0 spiro atoms. The molecule has 1 unspecified atom stereocenters. The van der Waals surface area contributed by atoms with Crippen LogP contribution in [-0.2, 0) is 19.5 Å². The Hall–Kier alpha value is -2.77. The largest absolute Gasteiger partial charge is 0.349 e. The average Bonchev–Trinajstić information content (AvgIpc) is 3.24. The molecule has 30 heavy (non-hydrogen) atoms. The summed E-state index contributed by atoms with van der Waals surface area (Å²) in [6, 6.07) is 15.5. The molecular formula is C23H26N4O2S. The Morgan fingerprint density at radius 2 is 2.03 bits per heavy atom. The number of aromatic nitrogens is 2. The summed E-state index contributed by atoms with van der Waals surface area (Å²) in [4.78, 5) is 28.6.